The molecule has 2 N–H and O–H groups in total. The van der Waals surface area contributed by atoms with Gasteiger partial charge in [0.2, 0.25) is 0 Å². The maximum atomic E-state index is 14.7. The first-order valence-corrected chi connectivity index (χ1v) is 16.4. The van der Waals surface area contributed by atoms with E-state index in [0.29, 0.717) is 33.0 Å². The van der Waals surface area contributed by atoms with Crippen molar-refractivity contribution in [1.29, 1.82) is 0 Å². The molecule has 1 aliphatic heterocycles. The molecule has 6 nitrogen and oxygen atoms in total. The number of aromatic hydroxyl groups is 2. The molecule has 7 aromatic rings. The van der Waals surface area contributed by atoms with Crippen LogP contribution in [0.1, 0.15) is 20.7 Å². The van der Waals surface area contributed by atoms with Crippen molar-refractivity contribution in [2.24, 2.45) is 9.98 Å². The third kappa shape index (κ3) is 4.42. The van der Waals surface area contributed by atoms with Gasteiger partial charge in [0.25, 0.3) is 0 Å². The minimum atomic E-state index is -1.23. The molecule has 9 rings (SSSR count). The minimum Gasteiger partial charge on any atom is -0.505 e. The van der Waals surface area contributed by atoms with Crippen LogP contribution in [0.5, 0.6) is 11.5 Å². The maximum absolute atomic E-state index is 14.7. The highest BCUT2D eigenvalue weighted by molar-refractivity contribution is 6.24. The number of hydrogen-bond donors (Lipinski definition) is 2. The molecule has 7 aromatic carbocycles. The van der Waals surface area contributed by atoms with Crippen molar-refractivity contribution in [3.63, 3.8) is 0 Å². The van der Waals surface area contributed by atoms with Gasteiger partial charge in [-0.25, -0.2) is 0 Å². The Hall–Kier alpha value is -6.66. The number of benzene rings is 7. The second-order valence-corrected chi connectivity index (χ2v) is 12.6. The Bertz CT molecular complexity index is 2460. The van der Waals surface area contributed by atoms with Gasteiger partial charge in [-0.3, -0.25) is 19.6 Å². The van der Waals surface area contributed by atoms with Crippen LogP contribution >= 0.6 is 0 Å². The van der Waals surface area contributed by atoms with E-state index in [0.717, 1.165) is 22.3 Å². The van der Waals surface area contributed by atoms with Gasteiger partial charge >= 0.3 is 0 Å². The third-order valence-corrected chi connectivity index (χ3v) is 9.76. The first kappa shape index (κ1) is 29.5. The van der Waals surface area contributed by atoms with Crippen molar-refractivity contribution in [3.8, 4) is 56.0 Å². The highest BCUT2D eigenvalue weighted by Gasteiger charge is 2.46. The van der Waals surface area contributed by atoms with E-state index >= 15 is 0 Å². The normalized spacial score (nSPS) is 16.2. The number of phenols is 2. The molecule has 0 radical (unpaired) electrons. The molecule has 0 spiro atoms. The van der Waals surface area contributed by atoms with Gasteiger partial charge < -0.3 is 10.2 Å². The summed E-state index contributed by atoms with van der Waals surface area (Å²) >= 11 is 0. The Morgan fingerprint density at radius 3 is 0.980 bits per heavy atom. The van der Waals surface area contributed by atoms with E-state index in [2.05, 4.69) is 0 Å². The van der Waals surface area contributed by atoms with Gasteiger partial charge in [-0.1, -0.05) is 146 Å². The fourth-order valence-corrected chi connectivity index (χ4v) is 7.47. The van der Waals surface area contributed by atoms with E-state index in [1.54, 1.807) is 0 Å². The molecule has 238 valence electrons. The van der Waals surface area contributed by atoms with Gasteiger partial charge in [0.05, 0.1) is 0 Å². The second-order valence-electron chi connectivity index (χ2n) is 12.6. The summed E-state index contributed by atoms with van der Waals surface area (Å²) in [6.45, 7) is 0. The van der Waals surface area contributed by atoms with Crippen molar-refractivity contribution >= 4 is 22.3 Å². The van der Waals surface area contributed by atoms with Crippen molar-refractivity contribution in [2.75, 3.05) is 0 Å². The van der Waals surface area contributed by atoms with Gasteiger partial charge in [-0.05, 0) is 44.5 Å². The number of phenolic OH excluding ortho intramolecular Hbond substituents is 2. The molecule has 0 fully saturated rings. The predicted molar refractivity (Wildman–Crippen MR) is 194 cm³/mol. The lowest BCUT2D eigenvalue weighted by Crippen LogP contribution is -2.50. The lowest BCUT2D eigenvalue weighted by molar-refractivity contribution is 0.0840. The largest absolute Gasteiger partial charge is 0.505 e. The Morgan fingerprint density at radius 2 is 0.660 bits per heavy atom. The number of nitrogens with zero attached hydrogens (tertiary/aromatic N) is 2. The highest BCUT2D eigenvalue weighted by atomic mass is 16.3. The summed E-state index contributed by atoms with van der Waals surface area (Å²) in [6.07, 6.45) is 0. The van der Waals surface area contributed by atoms with Crippen molar-refractivity contribution in [1.82, 2.24) is 0 Å². The van der Waals surface area contributed by atoms with Gasteiger partial charge in [-0.15, -0.1) is 0 Å². The first-order chi connectivity index (χ1) is 24.5. The van der Waals surface area contributed by atoms with E-state index in [9.17, 15) is 19.8 Å². The first-order valence-electron chi connectivity index (χ1n) is 16.4. The minimum absolute atomic E-state index is 0.0104. The predicted octanol–water partition coefficient (Wildman–Crippen LogP) is 7.99. The number of hydrogen-bond acceptors (Lipinski definition) is 6. The number of rotatable bonds is 4. The highest BCUT2D eigenvalue weighted by Crippen LogP contribution is 2.43. The summed E-state index contributed by atoms with van der Waals surface area (Å²) in [5.74, 6) is -1.15. The number of ketones is 2. The summed E-state index contributed by atoms with van der Waals surface area (Å²) in [7, 11) is 0. The molecule has 50 heavy (non-hydrogen) atoms. The molecule has 2 atom stereocenters. The molecule has 1 heterocycles. The number of carbonyl (C=O) groups is 2. The zero-order valence-corrected chi connectivity index (χ0v) is 26.6. The van der Waals surface area contributed by atoms with E-state index in [-0.39, 0.29) is 44.9 Å². The number of Topliss-reactive ketones (excluding diaryl/α,β-unsaturated/α-hetero) is 2. The van der Waals surface area contributed by atoms with E-state index in [1.807, 2.05) is 146 Å². The zero-order chi connectivity index (χ0) is 33.9. The molecular weight excluding hydrogens is 620 g/mol. The Kier molecular flexibility index (Phi) is 6.78. The van der Waals surface area contributed by atoms with Crippen LogP contribution < -0.4 is 10.7 Å². The Balaban J connectivity index is 1.34. The molecule has 2 aliphatic rings. The van der Waals surface area contributed by atoms with Crippen LogP contribution in [-0.4, -0.2) is 33.9 Å². The Morgan fingerprint density at radius 1 is 0.380 bits per heavy atom. The lowest BCUT2D eigenvalue weighted by Gasteiger charge is -2.31. The van der Waals surface area contributed by atoms with Crippen LogP contribution in [0, 0.1) is 0 Å². The second kappa shape index (κ2) is 11.5. The Labute approximate surface area is 287 Å². The molecule has 0 saturated carbocycles. The molecule has 1 aliphatic carbocycles. The van der Waals surface area contributed by atoms with E-state index in [4.69, 9.17) is 9.98 Å². The van der Waals surface area contributed by atoms with Gasteiger partial charge in [-0.2, -0.15) is 0 Å². The number of carbonyl (C=O) groups excluding carboxylic acids is 2. The van der Waals surface area contributed by atoms with E-state index < -0.39 is 12.1 Å². The van der Waals surface area contributed by atoms with Crippen molar-refractivity contribution in [2.45, 2.75) is 12.1 Å². The molecular formula is C44H28N2O4. The van der Waals surface area contributed by atoms with Crippen molar-refractivity contribution in [3.05, 3.63) is 167 Å². The van der Waals surface area contributed by atoms with Gasteiger partial charge in [0.1, 0.15) is 22.8 Å². The van der Waals surface area contributed by atoms with Crippen LogP contribution in [0.25, 0.3) is 55.3 Å². The topological polar surface area (TPSA) is 99.3 Å². The van der Waals surface area contributed by atoms with Crippen molar-refractivity contribution < 1.29 is 19.8 Å². The summed E-state index contributed by atoms with van der Waals surface area (Å²) in [6, 6.07) is 43.3. The molecule has 0 saturated heterocycles. The van der Waals surface area contributed by atoms with E-state index in [1.165, 1.54) is 0 Å². The maximum Gasteiger partial charge on any atom is 0.191 e. The van der Waals surface area contributed by atoms with Crippen LogP contribution in [0.15, 0.2) is 156 Å². The van der Waals surface area contributed by atoms with Crippen LogP contribution in [-0.2, 0) is 0 Å². The van der Waals surface area contributed by atoms with Crippen LogP contribution in [0.2, 0.25) is 0 Å². The molecule has 0 amide bonds. The monoisotopic (exact) mass is 648 g/mol. The average molecular weight is 649 g/mol. The van der Waals surface area contributed by atoms with Gasteiger partial charge in [0, 0.05) is 21.9 Å². The average Bonchev–Trinajstić information content (AvgIpc) is 3.18. The summed E-state index contributed by atoms with van der Waals surface area (Å²) in [4.78, 5) is 39.1. The lowest BCUT2D eigenvalue weighted by atomic mass is 9.76. The zero-order valence-electron chi connectivity index (χ0n) is 26.6. The third-order valence-electron chi connectivity index (χ3n) is 9.76. The summed E-state index contributed by atoms with van der Waals surface area (Å²) in [5.41, 5.74) is 6.44. The quantitative estimate of drug-likeness (QED) is 0.189. The molecule has 0 aromatic heterocycles. The standard InChI is InChI=1S/C44H28N2O4/c47-41-33-29(25-13-5-1-6-14-25)21-22-30(26-15-7-2-8-16-26)34(33)42(48)38-37(41)45-39-40(46-38)44(50)36-32(28-19-11-4-12-20-28)24-23-31(35(36)43(39)49)27-17-9-3-10-18-27/h1-24,37-38,49-50H. The molecule has 2 unspecified atom stereocenters. The van der Waals surface area contributed by atoms with Crippen LogP contribution in [0.4, 0.5) is 0 Å². The fraction of sp³-hybridized carbons (Fsp3) is 0.0455. The fourth-order valence-electron chi connectivity index (χ4n) is 7.47. The smallest absolute Gasteiger partial charge is 0.191 e. The number of fused-ring (bicyclic) bond motifs is 4. The summed E-state index contributed by atoms with van der Waals surface area (Å²) in [5, 5.41) is 25.0. The van der Waals surface area contributed by atoms with Gasteiger partial charge in [0.15, 0.2) is 23.1 Å². The molecule has 6 heteroatoms. The van der Waals surface area contributed by atoms with Crippen LogP contribution in [0.3, 0.4) is 0 Å². The molecule has 0 bridgehead atoms. The SMILES string of the molecule is O=C1c2c(-c3ccccc3)ccc(-c3ccccc3)c2C(=O)C2N=c3c(O)c4c(-c5ccccc5)ccc(-c5ccccc5)c4c(O)c3=NC12. The summed E-state index contributed by atoms with van der Waals surface area (Å²) < 4.78 is 0.